The molecule has 0 aromatic carbocycles. The summed E-state index contributed by atoms with van der Waals surface area (Å²) in [6.45, 7) is 5.90. The number of fused-ring (bicyclic) bond motifs is 1. The normalized spacial score (nSPS) is 13.0. The van der Waals surface area contributed by atoms with E-state index in [1.807, 2.05) is 24.5 Å². The molecule has 6 nitrogen and oxygen atoms in total. The van der Waals surface area contributed by atoms with Crippen molar-refractivity contribution in [3.05, 3.63) is 35.5 Å². The molecular formula is C13H15N5O. The predicted molar refractivity (Wildman–Crippen MR) is 71.7 cm³/mol. The third kappa shape index (κ3) is 1.68. The first-order chi connectivity index (χ1) is 9.09. The van der Waals surface area contributed by atoms with E-state index in [0.29, 0.717) is 5.95 Å². The van der Waals surface area contributed by atoms with E-state index < -0.39 is 0 Å². The van der Waals surface area contributed by atoms with Gasteiger partial charge >= 0.3 is 0 Å². The van der Waals surface area contributed by atoms with E-state index in [9.17, 15) is 0 Å². The Bertz CT molecular complexity index is 723. The highest BCUT2D eigenvalue weighted by atomic mass is 16.5. The van der Waals surface area contributed by atoms with Crippen molar-refractivity contribution in [1.29, 1.82) is 0 Å². The molecule has 6 heteroatoms. The van der Waals surface area contributed by atoms with Gasteiger partial charge in [0, 0.05) is 11.8 Å². The van der Waals surface area contributed by atoms with Crippen molar-refractivity contribution in [3.63, 3.8) is 0 Å². The molecule has 0 saturated heterocycles. The van der Waals surface area contributed by atoms with E-state index in [1.54, 1.807) is 12.4 Å². The Morgan fingerprint density at radius 1 is 1.37 bits per heavy atom. The third-order valence-electron chi connectivity index (χ3n) is 3.41. The monoisotopic (exact) mass is 257 g/mol. The number of nitrogens with zero attached hydrogens (tertiary/aromatic N) is 4. The Kier molecular flexibility index (Phi) is 2.51. The number of hydrogen-bond acceptors (Lipinski definition) is 5. The lowest BCUT2D eigenvalue weighted by Crippen LogP contribution is -2.11. The van der Waals surface area contributed by atoms with Crippen molar-refractivity contribution in [2.75, 3.05) is 5.73 Å². The van der Waals surface area contributed by atoms with Gasteiger partial charge in [0.05, 0.1) is 23.4 Å². The van der Waals surface area contributed by atoms with Crippen LogP contribution in [0.5, 0.6) is 0 Å². The summed E-state index contributed by atoms with van der Waals surface area (Å²) < 4.78 is 7.21. The lowest BCUT2D eigenvalue weighted by Gasteiger charge is -2.15. The van der Waals surface area contributed by atoms with Gasteiger partial charge in [-0.3, -0.25) is 4.98 Å². The van der Waals surface area contributed by atoms with E-state index in [0.717, 1.165) is 28.1 Å². The zero-order valence-electron chi connectivity index (χ0n) is 11.1. The topological polar surface area (TPSA) is 82.8 Å². The Morgan fingerprint density at radius 3 is 2.84 bits per heavy atom. The summed E-state index contributed by atoms with van der Waals surface area (Å²) in [5.74, 6) is 1.27. The van der Waals surface area contributed by atoms with Crippen molar-refractivity contribution in [2.45, 2.75) is 26.8 Å². The minimum absolute atomic E-state index is 0.0126. The molecule has 3 rings (SSSR count). The quantitative estimate of drug-likeness (QED) is 0.761. The summed E-state index contributed by atoms with van der Waals surface area (Å²) in [6, 6.07) is 1.92. The molecule has 1 atom stereocenters. The molecule has 0 spiro atoms. The maximum atomic E-state index is 6.03. The van der Waals surface area contributed by atoms with E-state index in [2.05, 4.69) is 22.0 Å². The molecule has 2 N–H and O–H groups in total. The minimum Gasteiger partial charge on any atom is -0.369 e. The van der Waals surface area contributed by atoms with E-state index >= 15 is 0 Å². The smallest absolute Gasteiger partial charge is 0.201 e. The van der Waals surface area contributed by atoms with Crippen LogP contribution in [0.1, 0.15) is 30.0 Å². The fraction of sp³-hybridized carbons (Fsp3) is 0.308. The standard InChI is InChI=1S/C13H15N5O/c1-7-12(9(3)19-17-7)8(2)18-11-4-5-15-6-10(11)16-13(18)14/h4-6,8H,1-3H3,(H2,14,16). The van der Waals surface area contributed by atoms with E-state index in [4.69, 9.17) is 10.3 Å². The molecule has 1 unspecified atom stereocenters. The number of aryl methyl sites for hydroxylation is 2. The van der Waals surface area contributed by atoms with Gasteiger partial charge in [0.15, 0.2) is 0 Å². The Hall–Kier alpha value is -2.37. The van der Waals surface area contributed by atoms with Crippen LogP contribution >= 0.6 is 0 Å². The zero-order chi connectivity index (χ0) is 13.6. The van der Waals surface area contributed by atoms with Crippen LogP contribution in [0.3, 0.4) is 0 Å². The van der Waals surface area contributed by atoms with Crippen molar-refractivity contribution in [3.8, 4) is 0 Å². The number of rotatable bonds is 2. The molecule has 0 aliphatic heterocycles. The van der Waals surface area contributed by atoms with Crippen LogP contribution in [0.4, 0.5) is 5.95 Å². The zero-order valence-corrected chi connectivity index (χ0v) is 11.1. The molecule has 0 aliphatic rings. The van der Waals surface area contributed by atoms with Crippen LogP contribution in [-0.4, -0.2) is 19.7 Å². The van der Waals surface area contributed by atoms with E-state index in [-0.39, 0.29) is 6.04 Å². The Balaban J connectivity index is 2.22. The predicted octanol–water partition coefficient (Wildman–Crippen LogP) is 2.23. The van der Waals surface area contributed by atoms with Crippen LogP contribution in [-0.2, 0) is 0 Å². The summed E-state index contributed by atoms with van der Waals surface area (Å²) in [5.41, 5.74) is 9.70. The lowest BCUT2D eigenvalue weighted by atomic mass is 10.1. The largest absolute Gasteiger partial charge is 0.369 e. The highest BCUT2D eigenvalue weighted by Gasteiger charge is 2.21. The molecular weight excluding hydrogens is 242 g/mol. The average molecular weight is 257 g/mol. The molecule has 0 bridgehead atoms. The van der Waals surface area contributed by atoms with Gasteiger partial charge in [-0.1, -0.05) is 5.16 Å². The number of nitrogens with two attached hydrogens (primary N) is 1. The fourth-order valence-electron chi connectivity index (χ4n) is 2.59. The number of imidazole rings is 1. The summed E-state index contributed by atoms with van der Waals surface area (Å²) in [4.78, 5) is 8.39. The SMILES string of the molecule is Cc1noc(C)c1C(C)n1c(N)nc2cnccc21. The molecule has 19 heavy (non-hydrogen) atoms. The van der Waals surface area contributed by atoms with Gasteiger partial charge in [0.2, 0.25) is 5.95 Å². The van der Waals surface area contributed by atoms with Crippen LogP contribution in [0.25, 0.3) is 11.0 Å². The Labute approximate surface area is 110 Å². The molecule has 0 amide bonds. The van der Waals surface area contributed by atoms with Crippen molar-refractivity contribution in [1.82, 2.24) is 19.7 Å². The van der Waals surface area contributed by atoms with Crippen LogP contribution < -0.4 is 5.73 Å². The van der Waals surface area contributed by atoms with Crippen molar-refractivity contribution >= 4 is 17.0 Å². The number of nitrogen functional groups attached to an aromatic ring is 1. The second-order valence-electron chi connectivity index (χ2n) is 4.62. The molecule has 0 saturated carbocycles. The summed E-state index contributed by atoms with van der Waals surface area (Å²) in [7, 11) is 0. The lowest BCUT2D eigenvalue weighted by molar-refractivity contribution is 0.391. The Morgan fingerprint density at radius 2 is 2.16 bits per heavy atom. The number of aromatic nitrogens is 4. The van der Waals surface area contributed by atoms with E-state index in [1.165, 1.54) is 0 Å². The minimum atomic E-state index is 0.0126. The first-order valence-electron chi connectivity index (χ1n) is 6.09. The second kappa shape index (κ2) is 4.08. The first-order valence-corrected chi connectivity index (χ1v) is 6.09. The molecule has 0 aliphatic carbocycles. The van der Waals surface area contributed by atoms with Crippen LogP contribution in [0, 0.1) is 13.8 Å². The number of hydrogen-bond donors (Lipinski definition) is 1. The molecule has 0 radical (unpaired) electrons. The fourth-order valence-corrected chi connectivity index (χ4v) is 2.59. The molecule has 3 aromatic heterocycles. The van der Waals surface area contributed by atoms with Crippen LogP contribution in [0.2, 0.25) is 0 Å². The average Bonchev–Trinajstić information content (AvgIpc) is 2.88. The molecule has 0 fully saturated rings. The third-order valence-corrected chi connectivity index (χ3v) is 3.41. The summed E-state index contributed by atoms with van der Waals surface area (Å²) in [5, 5.41) is 3.99. The number of pyridine rings is 1. The van der Waals surface area contributed by atoms with Gasteiger partial charge in [-0.15, -0.1) is 0 Å². The maximum absolute atomic E-state index is 6.03. The summed E-state index contributed by atoms with van der Waals surface area (Å²) in [6.07, 6.45) is 3.45. The summed E-state index contributed by atoms with van der Waals surface area (Å²) >= 11 is 0. The van der Waals surface area contributed by atoms with Gasteiger partial charge in [0.25, 0.3) is 0 Å². The van der Waals surface area contributed by atoms with Gasteiger partial charge in [-0.2, -0.15) is 0 Å². The van der Waals surface area contributed by atoms with Crippen molar-refractivity contribution in [2.24, 2.45) is 0 Å². The van der Waals surface area contributed by atoms with Gasteiger partial charge in [0.1, 0.15) is 11.3 Å². The van der Waals surface area contributed by atoms with Gasteiger partial charge in [-0.25, -0.2) is 4.98 Å². The molecule has 98 valence electrons. The van der Waals surface area contributed by atoms with Crippen molar-refractivity contribution < 1.29 is 4.52 Å². The van der Waals surface area contributed by atoms with Crippen LogP contribution in [0.15, 0.2) is 23.0 Å². The maximum Gasteiger partial charge on any atom is 0.201 e. The first kappa shape index (κ1) is 11.7. The highest BCUT2D eigenvalue weighted by molar-refractivity contribution is 5.77. The molecule has 3 aromatic rings. The highest BCUT2D eigenvalue weighted by Crippen LogP contribution is 2.30. The van der Waals surface area contributed by atoms with Gasteiger partial charge < -0.3 is 14.8 Å². The van der Waals surface area contributed by atoms with Gasteiger partial charge in [-0.05, 0) is 26.8 Å². The second-order valence-corrected chi connectivity index (χ2v) is 4.62. The number of anilines is 1. The molecule has 3 heterocycles.